The zero-order valence-electron chi connectivity index (χ0n) is 7.14. The third-order valence-electron chi connectivity index (χ3n) is 2.48. The SMILES string of the molecule is O=C[C@@H]1CC2(CN1C=O)OCCO2. The van der Waals surface area contributed by atoms with Crippen LogP contribution < -0.4 is 0 Å². The van der Waals surface area contributed by atoms with E-state index < -0.39 is 11.8 Å². The zero-order valence-corrected chi connectivity index (χ0v) is 7.14. The van der Waals surface area contributed by atoms with Crippen molar-refractivity contribution in [1.82, 2.24) is 4.90 Å². The Hall–Kier alpha value is -0.940. The van der Waals surface area contributed by atoms with Crippen molar-refractivity contribution in [2.45, 2.75) is 18.2 Å². The van der Waals surface area contributed by atoms with Crippen molar-refractivity contribution >= 4 is 12.7 Å². The third-order valence-corrected chi connectivity index (χ3v) is 2.48. The molecule has 0 bridgehead atoms. The summed E-state index contributed by atoms with van der Waals surface area (Å²) in [6.07, 6.45) is 1.88. The molecular weight excluding hydrogens is 174 g/mol. The summed E-state index contributed by atoms with van der Waals surface area (Å²) in [7, 11) is 0. The van der Waals surface area contributed by atoms with Crippen LogP contribution in [0, 0.1) is 0 Å². The maximum Gasteiger partial charge on any atom is 0.210 e. The Kier molecular flexibility index (Phi) is 2.05. The molecule has 2 heterocycles. The van der Waals surface area contributed by atoms with Gasteiger partial charge in [0.2, 0.25) is 6.41 Å². The first-order valence-corrected chi connectivity index (χ1v) is 4.24. The highest BCUT2D eigenvalue weighted by Gasteiger charge is 2.48. The Bertz CT molecular complexity index is 206. The van der Waals surface area contributed by atoms with Gasteiger partial charge >= 0.3 is 0 Å². The lowest BCUT2D eigenvalue weighted by atomic mass is 10.2. The van der Waals surface area contributed by atoms with Crippen LogP contribution in [0.3, 0.4) is 0 Å². The summed E-state index contributed by atoms with van der Waals surface area (Å²) in [6.45, 7) is 1.44. The molecule has 1 spiro atoms. The molecule has 2 rings (SSSR count). The average molecular weight is 185 g/mol. The molecule has 2 saturated heterocycles. The molecule has 72 valence electrons. The van der Waals surface area contributed by atoms with Gasteiger partial charge in [-0.05, 0) is 0 Å². The molecule has 5 nitrogen and oxygen atoms in total. The molecular formula is C8H11NO4. The summed E-state index contributed by atoms with van der Waals surface area (Å²) in [6, 6.07) is -0.393. The lowest BCUT2D eigenvalue weighted by molar-refractivity contribution is -0.148. The molecule has 2 aliphatic heterocycles. The maximum absolute atomic E-state index is 10.6. The lowest BCUT2D eigenvalue weighted by Gasteiger charge is -2.20. The van der Waals surface area contributed by atoms with Crippen LogP contribution in [-0.4, -0.2) is 49.2 Å². The summed E-state index contributed by atoms with van der Waals surface area (Å²) >= 11 is 0. The normalized spacial score (nSPS) is 31.1. The number of rotatable bonds is 2. The fourth-order valence-electron chi connectivity index (χ4n) is 1.84. The fourth-order valence-corrected chi connectivity index (χ4v) is 1.84. The molecule has 0 radical (unpaired) electrons. The van der Waals surface area contributed by atoms with E-state index >= 15 is 0 Å². The first kappa shape index (κ1) is 8.65. The van der Waals surface area contributed by atoms with Crippen LogP contribution in [-0.2, 0) is 19.1 Å². The molecule has 0 aromatic heterocycles. The number of amides is 1. The minimum absolute atomic E-state index is 0.361. The molecule has 2 aliphatic rings. The molecule has 1 atom stereocenters. The van der Waals surface area contributed by atoms with Gasteiger partial charge in [-0.1, -0.05) is 0 Å². The van der Waals surface area contributed by atoms with Gasteiger partial charge < -0.3 is 19.2 Å². The largest absolute Gasteiger partial charge is 0.346 e. The third kappa shape index (κ3) is 1.34. The van der Waals surface area contributed by atoms with Crippen molar-refractivity contribution in [3.8, 4) is 0 Å². The van der Waals surface area contributed by atoms with Gasteiger partial charge in [0.15, 0.2) is 5.79 Å². The highest BCUT2D eigenvalue weighted by Crippen LogP contribution is 2.32. The number of hydrogen-bond acceptors (Lipinski definition) is 4. The monoisotopic (exact) mass is 185 g/mol. The molecule has 5 heteroatoms. The number of nitrogens with zero attached hydrogens (tertiary/aromatic N) is 1. The van der Waals surface area contributed by atoms with E-state index in [0.29, 0.717) is 32.6 Å². The molecule has 1 amide bonds. The number of likely N-dealkylation sites (tertiary alicyclic amines) is 1. The second-order valence-electron chi connectivity index (χ2n) is 3.29. The minimum atomic E-state index is -0.702. The molecule has 0 N–H and O–H groups in total. The topological polar surface area (TPSA) is 55.8 Å². The van der Waals surface area contributed by atoms with E-state index in [-0.39, 0.29) is 0 Å². The Morgan fingerprint density at radius 1 is 1.31 bits per heavy atom. The van der Waals surface area contributed by atoms with Crippen molar-refractivity contribution in [1.29, 1.82) is 0 Å². The van der Waals surface area contributed by atoms with E-state index in [1.54, 1.807) is 0 Å². The van der Waals surface area contributed by atoms with E-state index in [4.69, 9.17) is 9.47 Å². The maximum atomic E-state index is 10.6. The van der Waals surface area contributed by atoms with Crippen LogP contribution in [0.1, 0.15) is 6.42 Å². The van der Waals surface area contributed by atoms with E-state index in [0.717, 1.165) is 6.29 Å². The molecule has 0 aliphatic carbocycles. The summed E-state index contributed by atoms with van der Waals surface area (Å²) in [4.78, 5) is 22.6. The van der Waals surface area contributed by atoms with E-state index in [2.05, 4.69) is 0 Å². The van der Waals surface area contributed by atoms with Crippen LogP contribution in [0.25, 0.3) is 0 Å². The van der Waals surface area contributed by atoms with E-state index in [9.17, 15) is 9.59 Å². The zero-order chi connectivity index (χ0) is 9.31. The van der Waals surface area contributed by atoms with Crippen molar-refractivity contribution in [2.75, 3.05) is 19.8 Å². The minimum Gasteiger partial charge on any atom is -0.346 e. The predicted octanol–water partition coefficient (Wildman–Crippen LogP) is -0.841. The Labute approximate surface area is 75.6 Å². The van der Waals surface area contributed by atoms with Gasteiger partial charge in [-0.15, -0.1) is 0 Å². The van der Waals surface area contributed by atoms with Crippen LogP contribution >= 0.6 is 0 Å². The van der Waals surface area contributed by atoms with Gasteiger partial charge in [0, 0.05) is 6.42 Å². The van der Waals surface area contributed by atoms with Crippen molar-refractivity contribution in [2.24, 2.45) is 0 Å². The number of aldehydes is 1. The Balaban J connectivity index is 2.11. The van der Waals surface area contributed by atoms with Gasteiger partial charge in [-0.25, -0.2) is 0 Å². The lowest BCUT2D eigenvalue weighted by Crippen LogP contribution is -2.34. The highest BCUT2D eigenvalue weighted by atomic mass is 16.7. The number of ether oxygens (including phenoxy) is 2. The Morgan fingerprint density at radius 3 is 2.46 bits per heavy atom. The van der Waals surface area contributed by atoms with Crippen molar-refractivity contribution in [3.63, 3.8) is 0 Å². The predicted molar refractivity (Wildman–Crippen MR) is 41.9 cm³/mol. The molecule has 0 saturated carbocycles. The number of hydrogen-bond donors (Lipinski definition) is 0. The standard InChI is InChI=1S/C8H11NO4/c10-4-7-3-8(5-9(7)6-11)12-1-2-13-8/h4,6-7H,1-3,5H2/t7-/m0/s1. The summed E-state index contributed by atoms with van der Waals surface area (Å²) < 4.78 is 10.8. The van der Waals surface area contributed by atoms with Crippen LogP contribution in [0.4, 0.5) is 0 Å². The second kappa shape index (κ2) is 3.08. The smallest absolute Gasteiger partial charge is 0.210 e. The van der Waals surface area contributed by atoms with E-state index in [1.165, 1.54) is 4.90 Å². The summed E-state index contributed by atoms with van der Waals surface area (Å²) in [5.41, 5.74) is 0. The van der Waals surface area contributed by atoms with Gasteiger partial charge in [0.05, 0.1) is 25.8 Å². The van der Waals surface area contributed by atoms with Crippen molar-refractivity contribution < 1.29 is 19.1 Å². The van der Waals surface area contributed by atoms with Gasteiger partial charge in [0.25, 0.3) is 0 Å². The van der Waals surface area contributed by atoms with Gasteiger partial charge in [-0.2, -0.15) is 0 Å². The first-order chi connectivity index (χ1) is 6.29. The van der Waals surface area contributed by atoms with Gasteiger partial charge in [-0.3, -0.25) is 4.79 Å². The Morgan fingerprint density at radius 2 is 2.00 bits per heavy atom. The highest BCUT2D eigenvalue weighted by molar-refractivity contribution is 5.65. The second-order valence-corrected chi connectivity index (χ2v) is 3.29. The molecule has 0 aromatic carbocycles. The van der Waals surface area contributed by atoms with Crippen LogP contribution in [0.15, 0.2) is 0 Å². The first-order valence-electron chi connectivity index (χ1n) is 4.24. The van der Waals surface area contributed by atoms with E-state index in [1.807, 2.05) is 0 Å². The summed E-state index contributed by atoms with van der Waals surface area (Å²) in [5.74, 6) is -0.702. The summed E-state index contributed by atoms with van der Waals surface area (Å²) in [5, 5.41) is 0. The quantitative estimate of drug-likeness (QED) is 0.526. The average Bonchev–Trinajstić information content (AvgIpc) is 2.74. The van der Waals surface area contributed by atoms with Crippen LogP contribution in [0.2, 0.25) is 0 Å². The molecule has 0 unspecified atom stereocenters. The number of carbonyl (C=O) groups excluding carboxylic acids is 2. The number of carbonyl (C=O) groups is 2. The van der Waals surface area contributed by atoms with Crippen molar-refractivity contribution in [3.05, 3.63) is 0 Å². The fraction of sp³-hybridized carbons (Fsp3) is 0.750. The van der Waals surface area contributed by atoms with Crippen LogP contribution in [0.5, 0.6) is 0 Å². The molecule has 2 fully saturated rings. The molecule has 0 aromatic rings. The molecule has 13 heavy (non-hydrogen) atoms. The van der Waals surface area contributed by atoms with Gasteiger partial charge in [0.1, 0.15) is 6.29 Å².